The molecular formula is C16H19N. The van der Waals surface area contributed by atoms with Gasteiger partial charge in [0.05, 0.1) is 0 Å². The van der Waals surface area contributed by atoms with Gasteiger partial charge in [-0.15, -0.1) is 0 Å². The Morgan fingerprint density at radius 2 is 1.59 bits per heavy atom. The number of aryl methyl sites for hydroxylation is 1. The first-order valence-corrected chi connectivity index (χ1v) is 6.26. The van der Waals surface area contributed by atoms with Gasteiger partial charge in [0.1, 0.15) is 0 Å². The highest BCUT2D eigenvalue weighted by Crippen LogP contribution is 2.21. The first-order chi connectivity index (χ1) is 8.20. The zero-order valence-electron chi connectivity index (χ0n) is 10.8. The van der Waals surface area contributed by atoms with Crippen LogP contribution in [0.3, 0.4) is 0 Å². The van der Waals surface area contributed by atoms with E-state index < -0.39 is 0 Å². The van der Waals surface area contributed by atoms with E-state index in [2.05, 4.69) is 62.2 Å². The highest BCUT2D eigenvalue weighted by atomic mass is 14.7. The van der Waals surface area contributed by atoms with Crippen molar-refractivity contribution >= 4 is 0 Å². The van der Waals surface area contributed by atoms with Crippen LogP contribution in [0.1, 0.15) is 37.9 Å². The summed E-state index contributed by atoms with van der Waals surface area (Å²) in [5, 5.41) is 0. The third-order valence-corrected chi connectivity index (χ3v) is 3.07. The molecule has 0 saturated heterocycles. The monoisotopic (exact) mass is 225 g/mol. The van der Waals surface area contributed by atoms with Crippen molar-refractivity contribution in [1.82, 2.24) is 4.98 Å². The van der Waals surface area contributed by atoms with Crippen molar-refractivity contribution in [3.8, 4) is 11.1 Å². The first-order valence-electron chi connectivity index (χ1n) is 6.26. The Balaban J connectivity index is 2.26. The summed E-state index contributed by atoms with van der Waals surface area (Å²) >= 11 is 0. The van der Waals surface area contributed by atoms with E-state index >= 15 is 0 Å². The van der Waals surface area contributed by atoms with Crippen molar-refractivity contribution in [3.63, 3.8) is 0 Å². The van der Waals surface area contributed by atoms with Gasteiger partial charge in [0.25, 0.3) is 0 Å². The highest BCUT2D eigenvalue weighted by Gasteiger charge is 2.02. The zero-order valence-corrected chi connectivity index (χ0v) is 10.8. The molecule has 0 bridgehead atoms. The molecule has 17 heavy (non-hydrogen) atoms. The van der Waals surface area contributed by atoms with Crippen LogP contribution in [-0.2, 0) is 6.42 Å². The first kappa shape index (κ1) is 11.8. The van der Waals surface area contributed by atoms with E-state index in [1.165, 1.54) is 16.7 Å². The fourth-order valence-corrected chi connectivity index (χ4v) is 1.85. The predicted molar refractivity (Wildman–Crippen MR) is 73.1 cm³/mol. The third-order valence-electron chi connectivity index (χ3n) is 3.07. The molecule has 0 saturated carbocycles. The van der Waals surface area contributed by atoms with Crippen molar-refractivity contribution < 1.29 is 0 Å². The quantitative estimate of drug-likeness (QED) is 0.752. The van der Waals surface area contributed by atoms with Gasteiger partial charge < -0.3 is 0 Å². The molecule has 1 aromatic carbocycles. The normalized spacial score (nSPS) is 10.8. The number of aromatic nitrogens is 1. The average molecular weight is 225 g/mol. The molecule has 0 N–H and O–H groups in total. The van der Waals surface area contributed by atoms with Gasteiger partial charge in [-0.25, -0.2) is 0 Å². The van der Waals surface area contributed by atoms with Gasteiger partial charge in [0.2, 0.25) is 0 Å². The van der Waals surface area contributed by atoms with E-state index in [0.29, 0.717) is 5.92 Å². The highest BCUT2D eigenvalue weighted by molar-refractivity contribution is 5.62. The lowest BCUT2D eigenvalue weighted by atomic mass is 10.0. The lowest BCUT2D eigenvalue weighted by Crippen LogP contribution is -1.91. The minimum absolute atomic E-state index is 0.492. The summed E-state index contributed by atoms with van der Waals surface area (Å²) in [7, 11) is 0. The van der Waals surface area contributed by atoms with Gasteiger partial charge in [-0.1, -0.05) is 51.1 Å². The smallest absolute Gasteiger partial charge is 0.0429 e. The van der Waals surface area contributed by atoms with Crippen molar-refractivity contribution in [2.45, 2.75) is 33.1 Å². The summed E-state index contributed by atoms with van der Waals surface area (Å²) in [5.74, 6) is 0.492. The molecule has 0 atom stereocenters. The lowest BCUT2D eigenvalue weighted by molar-refractivity contribution is 0.823. The minimum Gasteiger partial charge on any atom is -0.260 e. The maximum Gasteiger partial charge on any atom is 0.0429 e. The van der Waals surface area contributed by atoms with Crippen LogP contribution in [0.5, 0.6) is 0 Å². The molecule has 0 spiro atoms. The number of benzene rings is 1. The molecule has 0 aliphatic carbocycles. The van der Waals surface area contributed by atoms with Crippen molar-refractivity contribution in [3.05, 3.63) is 53.9 Å². The Bertz CT molecular complexity index is 466. The second-order valence-electron chi connectivity index (χ2n) is 4.68. The molecule has 0 aliphatic rings. The minimum atomic E-state index is 0.492. The molecule has 88 valence electrons. The number of nitrogens with zero attached hydrogens (tertiary/aromatic N) is 1. The molecule has 0 amide bonds. The largest absolute Gasteiger partial charge is 0.260 e. The summed E-state index contributed by atoms with van der Waals surface area (Å²) in [6.45, 7) is 6.50. The number of rotatable bonds is 3. The predicted octanol–water partition coefficient (Wildman–Crippen LogP) is 4.43. The fraction of sp³-hybridized carbons (Fsp3) is 0.312. The van der Waals surface area contributed by atoms with Gasteiger partial charge in [-0.2, -0.15) is 0 Å². The second-order valence-corrected chi connectivity index (χ2v) is 4.68. The zero-order chi connectivity index (χ0) is 12.3. The van der Waals surface area contributed by atoms with Gasteiger partial charge in [0.15, 0.2) is 0 Å². The molecule has 0 fully saturated rings. The van der Waals surface area contributed by atoms with Crippen LogP contribution in [0, 0.1) is 0 Å². The summed E-state index contributed by atoms with van der Waals surface area (Å²) in [4.78, 5) is 4.50. The van der Waals surface area contributed by atoms with Crippen molar-refractivity contribution in [1.29, 1.82) is 0 Å². The van der Waals surface area contributed by atoms with Gasteiger partial charge in [0, 0.05) is 17.5 Å². The second kappa shape index (κ2) is 5.13. The van der Waals surface area contributed by atoms with Crippen LogP contribution in [0.2, 0.25) is 0 Å². The van der Waals surface area contributed by atoms with E-state index in [0.717, 1.165) is 12.1 Å². The van der Waals surface area contributed by atoms with Crippen LogP contribution in [0.15, 0.2) is 42.6 Å². The van der Waals surface area contributed by atoms with E-state index in [9.17, 15) is 0 Å². The van der Waals surface area contributed by atoms with Crippen LogP contribution in [0.25, 0.3) is 11.1 Å². The van der Waals surface area contributed by atoms with E-state index in [1.54, 1.807) is 0 Å². The Kier molecular flexibility index (Phi) is 3.58. The van der Waals surface area contributed by atoms with E-state index in [4.69, 9.17) is 0 Å². The number of pyridine rings is 1. The molecular weight excluding hydrogens is 206 g/mol. The molecule has 1 nitrogen and oxygen atoms in total. The molecule has 0 radical (unpaired) electrons. The average Bonchev–Trinajstić information content (AvgIpc) is 2.39. The van der Waals surface area contributed by atoms with Gasteiger partial charge in [-0.3, -0.25) is 4.98 Å². The van der Waals surface area contributed by atoms with Gasteiger partial charge in [-0.05, 0) is 29.5 Å². The Labute approximate surface area is 104 Å². The topological polar surface area (TPSA) is 12.9 Å². The summed E-state index contributed by atoms with van der Waals surface area (Å²) in [6.07, 6.45) is 3.06. The van der Waals surface area contributed by atoms with E-state index in [1.807, 2.05) is 6.20 Å². The maximum atomic E-state index is 4.50. The van der Waals surface area contributed by atoms with Crippen molar-refractivity contribution in [2.24, 2.45) is 0 Å². The summed E-state index contributed by atoms with van der Waals surface area (Å²) in [5.41, 5.74) is 4.96. The van der Waals surface area contributed by atoms with Crippen molar-refractivity contribution in [2.75, 3.05) is 0 Å². The summed E-state index contributed by atoms with van der Waals surface area (Å²) in [6, 6.07) is 13.0. The fourth-order valence-electron chi connectivity index (χ4n) is 1.85. The van der Waals surface area contributed by atoms with Crippen LogP contribution < -0.4 is 0 Å². The van der Waals surface area contributed by atoms with E-state index in [-0.39, 0.29) is 0 Å². The third kappa shape index (κ3) is 2.73. The van der Waals surface area contributed by atoms with Crippen LogP contribution >= 0.6 is 0 Å². The SMILES string of the molecule is CCc1ccc(-c2ccc(C(C)C)nc2)cc1. The molecule has 2 aromatic rings. The number of hydrogen-bond acceptors (Lipinski definition) is 1. The van der Waals surface area contributed by atoms with Crippen LogP contribution in [0.4, 0.5) is 0 Å². The Morgan fingerprint density at radius 1 is 0.941 bits per heavy atom. The molecule has 1 aromatic heterocycles. The maximum absolute atomic E-state index is 4.50. The van der Waals surface area contributed by atoms with Crippen LogP contribution in [-0.4, -0.2) is 4.98 Å². The summed E-state index contributed by atoms with van der Waals surface area (Å²) < 4.78 is 0. The molecule has 1 heterocycles. The van der Waals surface area contributed by atoms with Gasteiger partial charge >= 0.3 is 0 Å². The Morgan fingerprint density at radius 3 is 2.06 bits per heavy atom. The molecule has 2 rings (SSSR count). The molecule has 0 aliphatic heterocycles. The molecule has 0 unspecified atom stereocenters. The Hall–Kier alpha value is -1.63. The molecule has 1 heteroatoms. The lowest BCUT2D eigenvalue weighted by Gasteiger charge is -2.06. The number of hydrogen-bond donors (Lipinski definition) is 0. The standard InChI is InChI=1S/C16H19N/c1-4-13-5-7-14(8-6-13)15-9-10-16(12(2)3)17-11-15/h5-12H,4H2,1-3H3.